The van der Waals surface area contributed by atoms with Crippen molar-refractivity contribution in [3.63, 3.8) is 0 Å². The zero-order valence-corrected chi connectivity index (χ0v) is 15.5. The molecule has 0 aliphatic rings. The number of hydrogen-bond donors (Lipinski definition) is 1. The van der Waals surface area contributed by atoms with Crippen LogP contribution in [0.4, 0.5) is 0 Å². The first-order chi connectivity index (χ1) is 12.6. The van der Waals surface area contributed by atoms with Crippen LogP contribution in [-0.4, -0.2) is 28.4 Å². The number of aromatic hydroxyl groups is 1. The number of nitrogens with zero attached hydrogens (tertiary/aromatic N) is 2. The van der Waals surface area contributed by atoms with Gasteiger partial charge in [0.05, 0.1) is 13.2 Å². The van der Waals surface area contributed by atoms with E-state index in [9.17, 15) is 9.90 Å². The van der Waals surface area contributed by atoms with Crippen LogP contribution in [0.5, 0.6) is 5.75 Å². The van der Waals surface area contributed by atoms with Gasteiger partial charge in [-0.25, -0.2) is 4.79 Å². The van der Waals surface area contributed by atoms with Gasteiger partial charge in [-0.3, -0.25) is 4.57 Å². The van der Waals surface area contributed by atoms with Crippen molar-refractivity contribution in [3.05, 3.63) is 57.4 Å². The van der Waals surface area contributed by atoms with Gasteiger partial charge in [0, 0.05) is 22.5 Å². The van der Waals surface area contributed by atoms with Gasteiger partial charge < -0.3 is 14.3 Å². The highest BCUT2D eigenvalue weighted by molar-refractivity contribution is 9.10. The fourth-order valence-electron chi connectivity index (χ4n) is 2.99. The Morgan fingerprint density at radius 1 is 1.23 bits per heavy atom. The van der Waals surface area contributed by atoms with Gasteiger partial charge >= 0.3 is 5.69 Å². The molecule has 26 heavy (non-hydrogen) atoms. The summed E-state index contributed by atoms with van der Waals surface area (Å²) in [6.07, 6.45) is 0. The van der Waals surface area contributed by atoms with Gasteiger partial charge in [-0.1, -0.05) is 15.9 Å². The summed E-state index contributed by atoms with van der Waals surface area (Å²) < 4.78 is 13.6. The lowest BCUT2D eigenvalue weighted by atomic mass is 10.1. The lowest BCUT2D eigenvalue weighted by Gasteiger charge is -2.09. The SMILES string of the molecule is COCCn1c(=O)nc(-c2ccc(O)cc2)c2oc3ccc(Br)cc3c21. The molecule has 0 fully saturated rings. The number of aromatic nitrogens is 2. The highest BCUT2D eigenvalue weighted by Crippen LogP contribution is 2.35. The number of phenols is 1. The molecule has 1 N–H and O–H groups in total. The number of fused-ring (bicyclic) bond motifs is 3. The van der Waals surface area contributed by atoms with Crippen LogP contribution in [0.2, 0.25) is 0 Å². The summed E-state index contributed by atoms with van der Waals surface area (Å²) in [6.45, 7) is 0.756. The summed E-state index contributed by atoms with van der Waals surface area (Å²) >= 11 is 3.47. The quantitative estimate of drug-likeness (QED) is 0.547. The first kappa shape index (κ1) is 16.8. The lowest BCUT2D eigenvalue weighted by Crippen LogP contribution is -2.25. The van der Waals surface area contributed by atoms with Crippen LogP contribution < -0.4 is 5.69 Å². The Morgan fingerprint density at radius 2 is 2.00 bits per heavy atom. The highest BCUT2D eigenvalue weighted by atomic mass is 79.9. The molecule has 0 aliphatic heterocycles. The number of halogens is 1. The van der Waals surface area contributed by atoms with E-state index in [1.807, 2.05) is 18.2 Å². The van der Waals surface area contributed by atoms with Crippen molar-refractivity contribution in [1.82, 2.24) is 9.55 Å². The van der Waals surface area contributed by atoms with Crippen LogP contribution in [0, 0.1) is 0 Å². The van der Waals surface area contributed by atoms with Crippen molar-refractivity contribution in [3.8, 4) is 17.0 Å². The molecule has 0 spiro atoms. The molecule has 4 rings (SSSR count). The zero-order chi connectivity index (χ0) is 18.3. The van der Waals surface area contributed by atoms with E-state index >= 15 is 0 Å². The number of ether oxygens (including phenoxy) is 1. The Labute approximate surface area is 156 Å². The molecule has 2 heterocycles. The fourth-order valence-corrected chi connectivity index (χ4v) is 3.35. The van der Waals surface area contributed by atoms with Crippen LogP contribution >= 0.6 is 15.9 Å². The first-order valence-corrected chi connectivity index (χ1v) is 8.78. The number of phenolic OH excluding ortho intramolecular Hbond substituents is 1. The van der Waals surface area contributed by atoms with Crippen molar-refractivity contribution in [2.24, 2.45) is 0 Å². The van der Waals surface area contributed by atoms with Gasteiger partial charge in [-0.2, -0.15) is 4.98 Å². The molecule has 0 radical (unpaired) electrons. The molecular formula is C19H15BrN2O4. The maximum atomic E-state index is 12.7. The van der Waals surface area contributed by atoms with Crippen LogP contribution in [-0.2, 0) is 11.3 Å². The van der Waals surface area contributed by atoms with E-state index in [1.165, 1.54) is 0 Å². The van der Waals surface area contributed by atoms with Crippen molar-refractivity contribution in [2.75, 3.05) is 13.7 Å². The average Bonchev–Trinajstić information content (AvgIpc) is 3.00. The smallest absolute Gasteiger partial charge is 0.348 e. The molecule has 7 heteroatoms. The molecular weight excluding hydrogens is 400 g/mol. The van der Waals surface area contributed by atoms with E-state index in [2.05, 4.69) is 20.9 Å². The Morgan fingerprint density at radius 3 is 2.73 bits per heavy atom. The average molecular weight is 415 g/mol. The third-order valence-electron chi connectivity index (χ3n) is 4.21. The Kier molecular flexibility index (Phi) is 4.26. The van der Waals surface area contributed by atoms with Crippen molar-refractivity contribution < 1.29 is 14.3 Å². The van der Waals surface area contributed by atoms with E-state index in [0.29, 0.717) is 41.1 Å². The third kappa shape index (κ3) is 2.79. The minimum atomic E-state index is -0.375. The molecule has 0 saturated heterocycles. The summed E-state index contributed by atoms with van der Waals surface area (Å²) in [5.74, 6) is 0.145. The molecule has 0 atom stereocenters. The van der Waals surface area contributed by atoms with Crippen LogP contribution in [0.3, 0.4) is 0 Å². The van der Waals surface area contributed by atoms with Gasteiger partial charge in [0.2, 0.25) is 0 Å². The van der Waals surface area contributed by atoms with E-state index in [4.69, 9.17) is 9.15 Å². The molecule has 6 nitrogen and oxygen atoms in total. The molecule has 0 amide bonds. The van der Waals surface area contributed by atoms with Crippen LogP contribution in [0.25, 0.3) is 33.3 Å². The van der Waals surface area contributed by atoms with Crippen LogP contribution in [0.15, 0.2) is 56.1 Å². The first-order valence-electron chi connectivity index (χ1n) is 7.99. The monoisotopic (exact) mass is 414 g/mol. The normalized spacial score (nSPS) is 11.5. The Balaban J connectivity index is 2.10. The van der Waals surface area contributed by atoms with Crippen molar-refractivity contribution >= 4 is 38.0 Å². The summed E-state index contributed by atoms with van der Waals surface area (Å²) in [4.78, 5) is 17.0. The number of methoxy groups -OCH3 is 1. The summed E-state index contributed by atoms with van der Waals surface area (Å²) in [6, 6.07) is 12.2. The second-order valence-electron chi connectivity index (χ2n) is 5.85. The summed E-state index contributed by atoms with van der Waals surface area (Å²) in [5, 5.41) is 10.4. The topological polar surface area (TPSA) is 77.5 Å². The van der Waals surface area contributed by atoms with Gasteiger partial charge in [-0.15, -0.1) is 0 Å². The van der Waals surface area contributed by atoms with Crippen molar-refractivity contribution in [1.29, 1.82) is 0 Å². The molecule has 2 aromatic carbocycles. The molecule has 132 valence electrons. The third-order valence-corrected chi connectivity index (χ3v) is 4.70. The maximum Gasteiger partial charge on any atom is 0.348 e. The lowest BCUT2D eigenvalue weighted by molar-refractivity contribution is 0.187. The molecule has 0 saturated carbocycles. The predicted octanol–water partition coefficient (Wildman–Crippen LogP) is 3.92. The summed E-state index contributed by atoms with van der Waals surface area (Å²) in [5.41, 5.74) is 2.65. The Bertz CT molecular complexity index is 1160. The molecule has 0 aliphatic carbocycles. The molecule has 0 unspecified atom stereocenters. The van der Waals surface area contributed by atoms with Gasteiger partial charge in [0.1, 0.15) is 22.5 Å². The fraction of sp³-hybridized carbons (Fsp3) is 0.158. The molecule has 2 aromatic heterocycles. The number of hydrogen-bond acceptors (Lipinski definition) is 5. The van der Waals surface area contributed by atoms with Crippen molar-refractivity contribution in [2.45, 2.75) is 6.54 Å². The van der Waals surface area contributed by atoms with Crippen LogP contribution in [0.1, 0.15) is 0 Å². The van der Waals surface area contributed by atoms with E-state index in [0.717, 1.165) is 9.86 Å². The minimum Gasteiger partial charge on any atom is -0.508 e. The van der Waals surface area contributed by atoms with Gasteiger partial charge in [0.15, 0.2) is 5.58 Å². The van der Waals surface area contributed by atoms with Gasteiger partial charge in [0.25, 0.3) is 0 Å². The van der Waals surface area contributed by atoms with E-state index in [-0.39, 0.29) is 11.4 Å². The predicted molar refractivity (Wildman–Crippen MR) is 102 cm³/mol. The standard InChI is InChI=1S/C19H15BrN2O4/c1-25-9-8-22-17-14-10-12(20)4-7-15(14)26-18(17)16(21-19(22)24)11-2-5-13(23)6-3-11/h2-7,10,23H,8-9H2,1H3. The molecule has 4 aromatic rings. The molecule has 0 bridgehead atoms. The van der Waals surface area contributed by atoms with E-state index in [1.54, 1.807) is 35.9 Å². The number of furan rings is 1. The van der Waals surface area contributed by atoms with E-state index < -0.39 is 0 Å². The largest absolute Gasteiger partial charge is 0.508 e. The number of benzene rings is 2. The second kappa shape index (κ2) is 6.59. The number of rotatable bonds is 4. The minimum absolute atomic E-state index is 0.145. The highest BCUT2D eigenvalue weighted by Gasteiger charge is 2.19. The maximum absolute atomic E-state index is 12.7. The summed E-state index contributed by atoms with van der Waals surface area (Å²) in [7, 11) is 1.59. The Hall–Kier alpha value is -2.64. The van der Waals surface area contributed by atoms with Gasteiger partial charge in [-0.05, 0) is 42.5 Å². The second-order valence-corrected chi connectivity index (χ2v) is 6.77. The zero-order valence-electron chi connectivity index (χ0n) is 13.9.